The molecule has 1 aliphatic heterocycles. The number of benzene rings is 2. The van der Waals surface area contributed by atoms with Crippen molar-refractivity contribution in [3.8, 4) is 0 Å². The van der Waals surface area contributed by atoms with Crippen molar-refractivity contribution in [1.82, 2.24) is 4.90 Å². The third kappa shape index (κ3) is 6.54. The number of aryl methyl sites for hydroxylation is 1. The average Bonchev–Trinajstić information content (AvgIpc) is 2.58. The molecule has 4 heteroatoms. The molecule has 138 valence electrons. The second-order valence-corrected chi connectivity index (χ2v) is 6.86. The van der Waals surface area contributed by atoms with Gasteiger partial charge in [-0.15, -0.1) is 24.8 Å². The van der Waals surface area contributed by atoms with Gasteiger partial charge >= 0.3 is 0 Å². The number of likely N-dealkylation sites (tertiary alicyclic amines) is 1. The summed E-state index contributed by atoms with van der Waals surface area (Å²) in [4.78, 5) is 2.57. The van der Waals surface area contributed by atoms with Crippen LogP contribution in [0, 0.1) is 12.8 Å². The minimum Gasteiger partial charge on any atom is -0.370 e. The van der Waals surface area contributed by atoms with Crippen LogP contribution in [0.5, 0.6) is 0 Å². The van der Waals surface area contributed by atoms with Crippen LogP contribution in [0.4, 0.5) is 5.69 Å². The first-order chi connectivity index (χ1) is 11.2. The van der Waals surface area contributed by atoms with Gasteiger partial charge < -0.3 is 5.32 Å². The standard InChI is InChI=1S/C21H28N2.2ClH/c1-17-8-10-21(11-9-17)22-18(2)23-14-12-20(13-15-23)16-19-6-4-3-5-7-19;;/h3-11,18,20,22H,12-16H2,1-2H3;2*1H. The molecule has 0 aromatic heterocycles. The van der Waals surface area contributed by atoms with E-state index < -0.39 is 0 Å². The fourth-order valence-electron chi connectivity index (χ4n) is 3.47. The zero-order chi connectivity index (χ0) is 16.1. The summed E-state index contributed by atoms with van der Waals surface area (Å²) in [5, 5.41) is 3.63. The van der Waals surface area contributed by atoms with Crippen LogP contribution < -0.4 is 5.32 Å². The third-order valence-corrected chi connectivity index (χ3v) is 4.99. The normalized spacial score (nSPS) is 16.4. The summed E-state index contributed by atoms with van der Waals surface area (Å²) < 4.78 is 0. The van der Waals surface area contributed by atoms with E-state index in [1.165, 1.54) is 49.2 Å². The zero-order valence-electron chi connectivity index (χ0n) is 15.2. The number of nitrogens with zero attached hydrogens (tertiary/aromatic N) is 1. The van der Waals surface area contributed by atoms with Crippen LogP contribution in [0.1, 0.15) is 30.9 Å². The van der Waals surface area contributed by atoms with Gasteiger partial charge in [0.25, 0.3) is 0 Å². The van der Waals surface area contributed by atoms with Crippen molar-refractivity contribution < 1.29 is 0 Å². The van der Waals surface area contributed by atoms with E-state index in [0.29, 0.717) is 6.17 Å². The lowest BCUT2D eigenvalue weighted by Crippen LogP contribution is -2.44. The van der Waals surface area contributed by atoms with Gasteiger partial charge in [0.15, 0.2) is 0 Å². The lowest BCUT2D eigenvalue weighted by Gasteiger charge is -2.36. The van der Waals surface area contributed by atoms with Gasteiger partial charge in [0.2, 0.25) is 0 Å². The molecule has 1 unspecified atom stereocenters. The van der Waals surface area contributed by atoms with Gasteiger partial charge in [0.1, 0.15) is 0 Å². The summed E-state index contributed by atoms with van der Waals surface area (Å²) >= 11 is 0. The number of rotatable bonds is 5. The first-order valence-corrected chi connectivity index (χ1v) is 8.82. The van der Waals surface area contributed by atoms with E-state index in [9.17, 15) is 0 Å². The van der Waals surface area contributed by atoms with E-state index >= 15 is 0 Å². The molecular formula is C21H30Cl2N2. The Bertz CT molecular complexity index is 593. The summed E-state index contributed by atoms with van der Waals surface area (Å²) in [6, 6.07) is 19.6. The summed E-state index contributed by atoms with van der Waals surface area (Å²) in [5.41, 5.74) is 4.01. The number of nitrogens with one attached hydrogen (secondary N) is 1. The van der Waals surface area contributed by atoms with Crippen molar-refractivity contribution in [2.75, 3.05) is 18.4 Å². The summed E-state index contributed by atoms with van der Waals surface area (Å²) in [6.07, 6.45) is 4.23. The molecule has 0 amide bonds. The second-order valence-electron chi connectivity index (χ2n) is 6.86. The maximum absolute atomic E-state index is 3.63. The highest BCUT2D eigenvalue weighted by molar-refractivity contribution is 5.85. The summed E-state index contributed by atoms with van der Waals surface area (Å²) in [5.74, 6) is 0.834. The van der Waals surface area contributed by atoms with Crippen molar-refractivity contribution in [3.63, 3.8) is 0 Å². The monoisotopic (exact) mass is 380 g/mol. The molecule has 1 heterocycles. The van der Waals surface area contributed by atoms with E-state index in [1.54, 1.807) is 0 Å². The van der Waals surface area contributed by atoms with Crippen LogP contribution in [0.25, 0.3) is 0 Å². The Morgan fingerprint density at radius 2 is 1.56 bits per heavy atom. The third-order valence-electron chi connectivity index (χ3n) is 4.99. The summed E-state index contributed by atoms with van der Waals surface area (Å²) in [6.45, 7) is 6.79. The van der Waals surface area contributed by atoms with Crippen molar-refractivity contribution in [2.45, 2.75) is 39.3 Å². The largest absolute Gasteiger partial charge is 0.370 e. The van der Waals surface area contributed by atoms with E-state index in [4.69, 9.17) is 0 Å². The molecule has 0 radical (unpaired) electrons. The van der Waals surface area contributed by atoms with E-state index in [0.717, 1.165) is 5.92 Å². The molecule has 2 nitrogen and oxygen atoms in total. The van der Waals surface area contributed by atoms with Gasteiger partial charge in [-0.05, 0) is 56.7 Å². The molecular weight excluding hydrogens is 351 g/mol. The molecule has 1 fully saturated rings. The fraction of sp³-hybridized carbons (Fsp3) is 0.429. The van der Waals surface area contributed by atoms with Gasteiger partial charge in [-0.3, -0.25) is 4.90 Å². The molecule has 1 aliphatic rings. The minimum atomic E-state index is 0. The number of anilines is 1. The fourth-order valence-corrected chi connectivity index (χ4v) is 3.47. The highest BCUT2D eigenvalue weighted by Gasteiger charge is 2.22. The van der Waals surface area contributed by atoms with Gasteiger partial charge in [0, 0.05) is 18.8 Å². The average molecular weight is 381 g/mol. The molecule has 3 rings (SSSR count). The Morgan fingerprint density at radius 3 is 2.16 bits per heavy atom. The maximum Gasteiger partial charge on any atom is 0.0764 e. The molecule has 25 heavy (non-hydrogen) atoms. The molecule has 0 saturated carbocycles. The predicted octanol–water partition coefficient (Wildman–Crippen LogP) is 5.55. The van der Waals surface area contributed by atoms with Crippen LogP contribution in [0.3, 0.4) is 0 Å². The zero-order valence-corrected chi connectivity index (χ0v) is 16.8. The molecule has 2 aromatic rings. The molecule has 2 aromatic carbocycles. The smallest absolute Gasteiger partial charge is 0.0764 e. The number of hydrogen-bond donors (Lipinski definition) is 1. The topological polar surface area (TPSA) is 15.3 Å². The molecule has 1 saturated heterocycles. The molecule has 1 N–H and O–H groups in total. The van der Waals surface area contributed by atoms with E-state index in [-0.39, 0.29) is 24.8 Å². The number of halogens is 2. The van der Waals surface area contributed by atoms with Crippen LogP contribution in [0.15, 0.2) is 54.6 Å². The highest BCUT2D eigenvalue weighted by Crippen LogP contribution is 2.23. The van der Waals surface area contributed by atoms with Gasteiger partial charge in [-0.1, -0.05) is 48.0 Å². The van der Waals surface area contributed by atoms with E-state index in [2.05, 4.69) is 78.7 Å². The van der Waals surface area contributed by atoms with Crippen molar-refractivity contribution >= 4 is 30.5 Å². The Labute approximate surface area is 164 Å². The van der Waals surface area contributed by atoms with Gasteiger partial charge in [-0.25, -0.2) is 0 Å². The number of hydrogen-bond acceptors (Lipinski definition) is 2. The lowest BCUT2D eigenvalue weighted by atomic mass is 9.90. The predicted molar refractivity (Wildman–Crippen MR) is 113 cm³/mol. The quantitative estimate of drug-likeness (QED) is 0.730. The Balaban J connectivity index is 0.00000156. The first-order valence-electron chi connectivity index (χ1n) is 8.82. The van der Waals surface area contributed by atoms with Crippen LogP contribution in [0.2, 0.25) is 0 Å². The van der Waals surface area contributed by atoms with Crippen molar-refractivity contribution in [1.29, 1.82) is 0 Å². The van der Waals surface area contributed by atoms with Gasteiger partial charge in [0.05, 0.1) is 6.17 Å². The Morgan fingerprint density at radius 1 is 0.960 bits per heavy atom. The van der Waals surface area contributed by atoms with Crippen LogP contribution >= 0.6 is 24.8 Å². The Hall–Kier alpha value is -1.22. The van der Waals surface area contributed by atoms with Gasteiger partial charge in [-0.2, -0.15) is 0 Å². The Kier molecular flexibility index (Phi) is 9.34. The van der Waals surface area contributed by atoms with Crippen molar-refractivity contribution in [2.24, 2.45) is 5.92 Å². The van der Waals surface area contributed by atoms with Crippen LogP contribution in [-0.4, -0.2) is 24.2 Å². The van der Waals surface area contributed by atoms with E-state index in [1.807, 2.05) is 0 Å². The van der Waals surface area contributed by atoms with Crippen LogP contribution in [-0.2, 0) is 6.42 Å². The number of piperidine rings is 1. The second kappa shape index (κ2) is 10.7. The maximum atomic E-state index is 3.63. The highest BCUT2D eigenvalue weighted by atomic mass is 35.5. The first kappa shape index (κ1) is 21.8. The molecule has 1 atom stereocenters. The lowest BCUT2D eigenvalue weighted by molar-refractivity contribution is 0.153. The summed E-state index contributed by atoms with van der Waals surface area (Å²) in [7, 11) is 0. The van der Waals surface area contributed by atoms with Crippen molar-refractivity contribution in [3.05, 3.63) is 65.7 Å². The molecule has 0 aliphatic carbocycles. The minimum absolute atomic E-state index is 0. The molecule has 0 bridgehead atoms. The SMILES string of the molecule is Cc1ccc(NC(C)N2CCC(Cc3ccccc3)CC2)cc1.Cl.Cl. The molecule has 0 spiro atoms.